The SMILES string of the molecule is C#Cc1ccc2c3c(c([C@@H](C)NC(=O)c4c(NS(=O)(=O)NCC)nn5cccnc45)n(-c4ccccc4)c(=O)c13)C2. The Hall–Kier alpha value is -4.99. The number of hydrogen-bond donors (Lipinski definition) is 3. The Kier molecular flexibility index (Phi) is 6.33. The summed E-state index contributed by atoms with van der Waals surface area (Å²) >= 11 is 0. The van der Waals surface area contributed by atoms with Crippen molar-refractivity contribution in [2.75, 3.05) is 11.3 Å². The molecule has 0 aliphatic heterocycles. The number of terminal acetylenes is 1. The molecule has 0 spiro atoms. The van der Waals surface area contributed by atoms with Gasteiger partial charge in [-0.05, 0) is 47.7 Å². The summed E-state index contributed by atoms with van der Waals surface area (Å²) in [4.78, 5) is 32.1. The minimum absolute atomic E-state index is 0.0535. The minimum Gasteiger partial charge on any atom is -0.344 e. The van der Waals surface area contributed by atoms with Crippen LogP contribution in [-0.2, 0) is 16.6 Å². The number of pyridine rings is 1. The molecular weight excluding hydrogens is 542 g/mol. The van der Waals surface area contributed by atoms with Crippen molar-refractivity contribution in [2.24, 2.45) is 0 Å². The quantitative estimate of drug-likeness (QED) is 0.242. The van der Waals surface area contributed by atoms with Gasteiger partial charge in [0.1, 0.15) is 5.56 Å². The van der Waals surface area contributed by atoms with Gasteiger partial charge in [0.25, 0.3) is 21.7 Å². The summed E-state index contributed by atoms with van der Waals surface area (Å²) in [5.41, 5.74) is 3.51. The highest BCUT2D eigenvalue weighted by atomic mass is 32.2. The van der Waals surface area contributed by atoms with E-state index in [0.717, 1.165) is 16.5 Å². The maximum Gasteiger partial charge on any atom is 0.300 e. The number of amides is 1. The second-order valence-electron chi connectivity index (χ2n) is 9.59. The molecule has 3 N–H and O–H groups in total. The summed E-state index contributed by atoms with van der Waals surface area (Å²) in [6, 6.07) is 13.8. The molecule has 0 saturated heterocycles. The second kappa shape index (κ2) is 9.88. The summed E-state index contributed by atoms with van der Waals surface area (Å²) in [6.07, 6.45) is 9.41. The number of rotatable bonds is 8. The van der Waals surface area contributed by atoms with Gasteiger partial charge >= 0.3 is 0 Å². The van der Waals surface area contributed by atoms with Gasteiger partial charge in [0.2, 0.25) is 0 Å². The lowest BCUT2D eigenvalue weighted by Gasteiger charge is -2.30. The number of para-hydroxylation sites is 1. The van der Waals surface area contributed by atoms with Crippen LogP contribution >= 0.6 is 0 Å². The summed E-state index contributed by atoms with van der Waals surface area (Å²) in [5.74, 6) is 1.84. The monoisotopic (exact) mass is 567 g/mol. The molecule has 0 bridgehead atoms. The Bertz CT molecular complexity index is 2080. The maximum absolute atomic E-state index is 14.0. The van der Waals surface area contributed by atoms with E-state index >= 15 is 0 Å². The maximum atomic E-state index is 14.0. The zero-order valence-corrected chi connectivity index (χ0v) is 23.0. The van der Waals surface area contributed by atoms with E-state index in [2.05, 4.69) is 30.8 Å². The number of nitrogens with zero attached hydrogens (tertiary/aromatic N) is 4. The fraction of sp³-hybridized carbons (Fsp3) is 0.172. The average molecular weight is 568 g/mol. The highest BCUT2D eigenvalue weighted by Gasteiger charge is 2.32. The lowest BCUT2D eigenvalue weighted by atomic mass is 9.81. The lowest BCUT2D eigenvalue weighted by molar-refractivity contribution is 0.0941. The number of benzene rings is 2. The Labute approximate surface area is 235 Å². The van der Waals surface area contributed by atoms with Crippen LogP contribution in [0.3, 0.4) is 0 Å². The van der Waals surface area contributed by atoms with Gasteiger partial charge < -0.3 is 5.32 Å². The number of fused-ring (bicyclic) bond motifs is 1. The topological polar surface area (TPSA) is 139 Å². The number of carbonyl (C=O) groups excluding carboxylic acids is 1. The number of anilines is 1. The summed E-state index contributed by atoms with van der Waals surface area (Å²) in [7, 11) is -3.99. The zero-order valence-electron chi connectivity index (χ0n) is 22.2. The van der Waals surface area contributed by atoms with Crippen LogP contribution in [-0.4, -0.2) is 40.0 Å². The smallest absolute Gasteiger partial charge is 0.300 e. The van der Waals surface area contributed by atoms with Crippen molar-refractivity contribution in [1.29, 1.82) is 0 Å². The van der Waals surface area contributed by atoms with E-state index in [1.807, 2.05) is 36.4 Å². The Morgan fingerprint density at radius 2 is 1.93 bits per heavy atom. The van der Waals surface area contributed by atoms with Crippen molar-refractivity contribution in [2.45, 2.75) is 26.3 Å². The lowest BCUT2D eigenvalue weighted by Crippen LogP contribution is -2.36. The summed E-state index contributed by atoms with van der Waals surface area (Å²) in [6.45, 7) is 3.55. The molecule has 1 aliphatic carbocycles. The van der Waals surface area contributed by atoms with Crippen molar-refractivity contribution in [3.63, 3.8) is 0 Å². The molecule has 1 atom stereocenters. The van der Waals surface area contributed by atoms with Gasteiger partial charge in [0.05, 0.1) is 17.1 Å². The molecule has 1 amide bonds. The first-order valence-electron chi connectivity index (χ1n) is 12.9. The van der Waals surface area contributed by atoms with E-state index in [-0.39, 0.29) is 29.1 Å². The standard InChI is InChI=1S/C29H25N7O4S/c1-4-18-12-13-19-16-21-22(19)23(18)29(38)36(20-10-7-6-8-11-20)25(21)17(3)32-28(37)24-26(34-41(39,40)31-5-2)33-35-15-9-14-30-27(24)35/h1,6-15,17,31H,5,16H2,2-3H3,(H,32,37)(H,33,34)/t17-/m1/s1. The van der Waals surface area contributed by atoms with Crippen LogP contribution < -0.4 is 20.3 Å². The van der Waals surface area contributed by atoms with Crippen molar-refractivity contribution in [1.82, 2.24) is 29.2 Å². The third kappa shape index (κ3) is 4.32. The molecule has 5 aromatic rings. The van der Waals surface area contributed by atoms with Crippen molar-refractivity contribution < 1.29 is 13.2 Å². The predicted octanol–water partition coefficient (Wildman–Crippen LogP) is 2.68. The number of hydrogen-bond acceptors (Lipinski definition) is 6. The van der Waals surface area contributed by atoms with Crippen LogP contribution in [0.25, 0.3) is 22.1 Å². The van der Waals surface area contributed by atoms with Crippen molar-refractivity contribution >= 4 is 38.4 Å². The molecule has 1 aliphatic rings. The van der Waals surface area contributed by atoms with Crippen molar-refractivity contribution in [3.8, 4) is 18.0 Å². The van der Waals surface area contributed by atoms with Gasteiger partial charge in [-0.2, -0.15) is 13.1 Å². The average Bonchev–Trinajstić information content (AvgIpc) is 3.29. The minimum atomic E-state index is -3.99. The van der Waals surface area contributed by atoms with Gasteiger partial charge in [-0.15, -0.1) is 11.5 Å². The molecule has 0 unspecified atom stereocenters. The third-order valence-corrected chi connectivity index (χ3v) is 8.17. The molecule has 0 fully saturated rings. The summed E-state index contributed by atoms with van der Waals surface area (Å²) < 4.78 is 32.5. The van der Waals surface area contributed by atoms with Gasteiger partial charge in [0, 0.05) is 36.6 Å². The molecule has 206 valence electrons. The first-order valence-corrected chi connectivity index (χ1v) is 14.4. The molecule has 6 rings (SSSR count). The molecule has 41 heavy (non-hydrogen) atoms. The number of aromatic nitrogens is 4. The molecule has 11 nitrogen and oxygen atoms in total. The highest BCUT2D eigenvalue weighted by molar-refractivity contribution is 7.90. The first kappa shape index (κ1) is 26.2. The van der Waals surface area contributed by atoms with Crippen LogP contribution in [0.2, 0.25) is 0 Å². The van der Waals surface area contributed by atoms with E-state index in [1.165, 1.54) is 10.7 Å². The van der Waals surface area contributed by atoms with E-state index in [1.54, 1.807) is 36.7 Å². The zero-order chi connectivity index (χ0) is 28.9. The van der Waals surface area contributed by atoms with Gasteiger partial charge in [-0.3, -0.25) is 18.9 Å². The Morgan fingerprint density at radius 3 is 2.66 bits per heavy atom. The fourth-order valence-corrected chi connectivity index (χ4v) is 6.22. The molecule has 3 heterocycles. The van der Waals surface area contributed by atoms with Crippen LogP contribution in [0, 0.1) is 12.3 Å². The van der Waals surface area contributed by atoms with E-state index in [0.29, 0.717) is 28.8 Å². The second-order valence-corrected chi connectivity index (χ2v) is 11.1. The molecule has 0 radical (unpaired) electrons. The molecule has 2 aromatic carbocycles. The fourth-order valence-electron chi connectivity index (χ4n) is 5.37. The van der Waals surface area contributed by atoms with Crippen LogP contribution in [0.15, 0.2) is 65.7 Å². The molecule has 12 heteroatoms. The normalized spacial score (nSPS) is 13.0. The Morgan fingerprint density at radius 1 is 1.15 bits per heavy atom. The molecule has 3 aromatic heterocycles. The first-order chi connectivity index (χ1) is 19.7. The van der Waals surface area contributed by atoms with E-state index in [4.69, 9.17) is 6.42 Å². The van der Waals surface area contributed by atoms with E-state index in [9.17, 15) is 18.0 Å². The third-order valence-electron chi connectivity index (χ3n) is 7.04. The van der Waals surface area contributed by atoms with Crippen LogP contribution in [0.1, 0.15) is 52.6 Å². The van der Waals surface area contributed by atoms with Gasteiger partial charge in [-0.1, -0.05) is 37.1 Å². The van der Waals surface area contributed by atoms with E-state index < -0.39 is 22.2 Å². The number of carbonyl (C=O) groups is 1. The molecule has 0 saturated carbocycles. The van der Waals surface area contributed by atoms with Crippen molar-refractivity contribution in [3.05, 3.63) is 99.2 Å². The summed E-state index contributed by atoms with van der Waals surface area (Å²) in [5, 5.41) is 8.49. The van der Waals surface area contributed by atoms with Crippen LogP contribution in [0.5, 0.6) is 0 Å². The Balaban J connectivity index is 1.49. The number of nitrogens with one attached hydrogen (secondary N) is 3. The highest BCUT2D eigenvalue weighted by Crippen LogP contribution is 2.39. The predicted molar refractivity (Wildman–Crippen MR) is 155 cm³/mol. The molecular formula is C29H25N7O4S. The largest absolute Gasteiger partial charge is 0.344 e. The van der Waals surface area contributed by atoms with Gasteiger partial charge in [-0.25, -0.2) is 9.50 Å². The van der Waals surface area contributed by atoms with Crippen LogP contribution in [0.4, 0.5) is 5.82 Å². The van der Waals surface area contributed by atoms with Gasteiger partial charge in [0.15, 0.2) is 11.5 Å².